The minimum atomic E-state index is -0.592. The minimum Gasteiger partial charge on any atom is -0.493 e. The quantitative estimate of drug-likeness (QED) is 0.117. The van der Waals surface area contributed by atoms with Gasteiger partial charge in [0.05, 0.1) is 64.5 Å². The fourth-order valence-corrected chi connectivity index (χ4v) is 9.45. The van der Waals surface area contributed by atoms with Crippen LogP contribution in [0.5, 0.6) is 34.5 Å². The first kappa shape index (κ1) is 44.0. The molecule has 5 aromatic carbocycles. The Balaban J connectivity index is 1.23. The van der Waals surface area contributed by atoms with E-state index in [1.54, 1.807) is 91.2 Å². The average Bonchev–Trinajstić information content (AvgIpc) is 3.69. The van der Waals surface area contributed by atoms with Crippen LogP contribution in [0.3, 0.4) is 0 Å². The largest absolute Gasteiger partial charge is 0.493 e. The van der Waals surface area contributed by atoms with Gasteiger partial charge in [0, 0.05) is 22.3 Å². The molecule has 7 rings (SSSR count). The van der Waals surface area contributed by atoms with Crippen LogP contribution >= 0.6 is 23.5 Å². The number of benzene rings is 3. The zero-order valence-corrected chi connectivity index (χ0v) is 37.4. The average molecular weight is 877 g/mol. The van der Waals surface area contributed by atoms with Crippen LogP contribution in [-0.2, 0) is 12.8 Å². The van der Waals surface area contributed by atoms with Gasteiger partial charge in [0.1, 0.15) is 0 Å². The van der Waals surface area contributed by atoms with Crippen molar-refractivity contribution in [3.05, 3.63) is 127 Å². The highest BCUT2D eigenvalue weighted by atomic mass is 32.2. The van der Waals surface area contributed by atoms with E-state index in [-0.39, 0.29) is 22.0 Å². The summed E-state index contributed by atoms with van der Waals surface area (Å²) in [5.74, 6) is 1.91. The molecule has 2 N–H and O–H groups in total. The van der Waals surface area contributed by atoms with E-state index in [0.29, 0.717) is 92.2 Å². The molecule has 0 unspecified atom stereocenters. The molecule has 12 nitrogen and oxygen atoms in total. The van der Waals surface area contributed by atoms with Gasteiger partial charge in [-0.05, 0) is 126 Å². The Hall–Kier alpha value is -6.12. The van der Waals surface area contributed by atoms with E-state index in [9.17, 15) is 19.2 Å². The van der Waals surface area contributed by atoms with Crippen molar-refractivity contribution in [3.63, 3.8) is 0 Å². The molecule has 5 aromatic rings. The fourth-order valence-electron chi connectivity index (χ4n) is 8.52. The molecule has 62 heavy (non-hydrogen) atoms. The molecule has 2 aliphatic carbocycles. The molecule has 2 amide bonds. The number of carbonyl (C=O) groups is 2. The Labute approximate surface area is 368 Å². The Morgan fingerprint density at radius 1 is 0.532 bits per heavy atom. The van der Waals surface area contributed by atoms with Crippen molar-refractivity contribution in [2.75, 3.05) is 55.2 Å². The zero-order chi connectivity index (χ0) is 44.2. The molecule has 14 heteroatoms. The zero-order valence-electron chi connectivity index (χ0n) is 35.8. The van der Waals surface area contributed by atoms with Gasteiger partial charge in [-0.2, -0.15) is 0 Å². The van der Waals surface area contributed by atoms with Crippen LogP contribution in [0.25, 0.3) is 22.3 Å². The first-order valence-corrected chi connectivity index (χ1v) is 22.3. The molecule has 0 saturated carbocycles. The second kappa shape index (κ2) is 18.9. The molecule has 322 valence electrons. The van der Waals surface area contributed by atoms with Crippen molar-refractivity contribution in [1.29, 1.82) is 0 Å². The van der Waals surface area contributed by atoms with Crippen molar-refractivity contribution >= 4 is 35.3 Å². The Kier molecular flexibility index (Phi) is 13.4. The predicted octanol–water partition coefficient (Wildman–Crippen LogP) is 8.07. The summed E-state index contributed by atoms with van der Waals surface area (Å²) >= 11 is 2.68. The normalized spacial score (nSPS) is 14.9. The first-order chi connectivity index (χ1) is 30.0. The Morgan fingerprint density at radius 2 is 0.935 bits per heavy atom. The maximum atomic E-state index is 14.3. The third-order valence-corrected chi connectivity index (χ3v) is 13.0. The Bertz CT molecular complexity index is 2530. The van der Waals surface area contributed by atoms with Crippen LogP contribution in [0.2, 0.25) is 0 Å². The molecule has 2 atom stereocenters. The number of fused-ring (bicyclic) bond motifs is 6. The third kappa shape index (κ3) is 8.16. The maximum absolute atomic E-state index is 14.3. The number of aryl methyl sites for hydroxylation is 2. The number of hydrogen-bond donors (Lipinski definition) is 2. The monoisotopic (exact) mass is 876 g/mol. The topological polar surface area (TPSA) is 148 Å². The van der Waals surface area contributed by atoms with E-state index < -0.39 is 23.9 Å². The van der Waals surface area contributed by atoms with E-state index in [0.717, 1.165) is 22.3 Å². The number of rotatable bonds is 12. The van der Waals surface area contributed by atoms with Gasteiger partial charge in [0.2, 0.25) is 11.5 Å². The van der Waals surface area contributed by atoms with Crippen LogP contribution in [0.1, 0.15) is 67.9 Å². The second-order valence-corrected chi connectivity index (χ2v) is 16.3. The molecule has 2 aliphatic rings. The van der Waals surface area contributed by atoms with Gasteiger partial charge in [-0.1, -0.05) is 18.2 Å². The SMILES string of the molecule is COc1cc2c(c(OC)c1OC)-c1ccc(SC)c(=O)cc1[C@@H](NC(=O)c1cccc(C(=O)N[C@H]3CCc4cc(OC)c(OC)c(OC)c4-c4ccc(SC)c(=O)cc43)c1)CC2. The van der Waals surface area contributed by atoms with E-state index in [4.69, 9.17) is 28.4 Å². The highest BCUT2D eigenvalue weighted by Crippen LogP contribution is 2.52. The van der Waals surface area contributed by atoms with Gasteiger partial charge in [-0.3, -0.25) is 19.2 Å². The van der Waals surface area contributed by atoms with Crippen molar-refractivity contribution in [1.82, 2.24) is 10.6 Å². The molecule has 0 aromatic heterocycles. The first-order valence-electron chi connectivity index (χ1n) is 19.8. The number of thioether (sulfide) groups is 2. The lowest BCUT2D eigenvalue weighted by Crippen LogP contribution is -2.31. The summed E-state index contributed by atoms with van der Waals surface area (Å²) in [4.78, 5) is 56.7. The van der Waals surface area contributed by atoms with E-state index in [1.165, 1.54) is 23.5 Å². The van der Waals surface area contributed by atoms with Crippen LogP contribution in [0, 0.1) is 0 Å². The standard InChI is InChI=1S/C48H48N2O10S2/c1-55-37-21-25-12-16-33(31-23-35(51)39(61-7)18-14-29(31)41(25)45(59-5)43(37)57-3)49-47(53)27-10-9-11-28(20-27)48(54)50-34-17-13-26-22-38(56-2)44(58-4)46(60-6)42(26)30-15-19-40(62-8)36(52)24-32(30)34/h9-11,14-15,18-24,33-34H,12-13,16-17H2,1-8H3,(H,49,53)(H,50,54)/t33-,34-/m0/s1. The lowest BCUT2D eigenvalue weighted by atomic mass is 9.95. The third-order valence-electron chi connectivity index (χ3n) is 11.4. The molecule has 0 fully saturated rings. The molecule has 0 heterocycles. The van der Waals surface area contributed by atoms with E-state index in [1.807, 2.05) is 36.8 Å². The van der Waals surface area contributed by atoms with Gasteiger partial charge in [-0.15, -0.1) is 23.5 Å². The number of amides is 2. The van der Waals surface area contributed by atoms with Crippen LogP contribution in [-0.4, -0.2) is 67.0 Å². The number of carbonyl (C=O) groups excluding carboxylic acids is 2. The summed E-state index contributed by atoms with van der Waals surface area (Å²) in [5, 5.41) is 6.36. The summed E-state index contributed by atoms with van der Waals surface area (Å²) < 4.78 is 34.7. The molecule has 0 aliphatic heterocycles. The van der Waals surface area contributed by atoms with Crippen molar-refractivity contribution < 1.29 is 38.0 Å². The fraction of sp³-hybridized carbons (Fsp3) is 0.292. The molecule has 0 spiro atoms. The molecular weight excluding hydrogens is 829 g/mol. The smallest absolute Gasteiger partial charge is 0.251 e. The number of ether oxygens (including phenoxy) is 6. The summed E-state index contributed by atoms with van der Waals surface area (Å²) in [6.07, 6.45) is 5.61. The Morgan fingerprint density at radius 3 is 1.29 bits per heavy atom. The van der Waals surface area contributed by atoms with Gasteiger partial charge in [-0.25, -0.2) is 0 Å². The number of methoxy groups -OCH3 is 6. The highest BCUT2D eigenvalue weighted by Gasteiger charge is 2.32. The van der Waals surface area contributed by atoms with E-state index >= 15 is 0 Å². The molecule has 0 bridgehead atoms. The lowest BCUT2D eigenvalue weighted by molar-refractivity contribution is 0.0934. The summed E-state index contributed by atoms with van der Waals surface area (Å²) in [7, 11) is 9.32. The number of hydrogen-bond acceptors (Lipinski definition) is 12. The minimum absolute atomic E-state index is 0.179. The van der Waals surface area contributed by atoms with E-state index in [2.05, 4.69) is 10.6 Å². The number of nitrogens with one attached hydrogen (secondary N) is 2. The molecule has 0 radical (unpaired) electrons. The van der Waals surface area contributed by atoms with Crippen molar-refractivity contribution in [3.8, 4) is 56.8 Å². The van der Waals surface area contributed by atoms with Crippen LogP contribution < -0.4 is 49.9 Å². The maximum Gasteiger partial charge on any atom is 0.251 e. The van der Waals surface area contributed by atoms with Crippen molar-refractivity contribution in [2.24, 2.45) is 0 Å². The van der Waals surface area contributed by atoms with Gasteiger partial charge >= 0.3 is 0 Å². The van der Waals surface area contributed by atoms with Crippen molar-refractivity contribution in [2.45, 2.75) is 47.6 Å². The summed E-state index contributed by atoms with van der Waals surface area (Å²) in [6.45, 7) is 0. The van der Waals surface area contributed by atoms with Gasteiger partial charge < -0.3 is 39.1 Å². The summed E-state index contributed by atoms with van der Waals surface area (Å²) in [6, 6.07) is 19.6. The second-order valence-electron chi connectivity index (χ2n) is 14.6. The van der Waals surface area contributed by atoms with Crippen LogP contribution in [0.15, 0.2) is 92.2 Å². The summed E-state index contributed by atoms with van der Waals surface area (Å²) in [5.41, 5.74) is 6.14. The van der Waals surface area contributed by atoms with Gasteiger partial charge in [0.15, 0.2) is 33.9 Å². The highest BCUT2D eigenvalue weighted by molar-refractivity contribution is 7.98. The lowest BCUT2D eigenvalue weighted by Gasteiger charge is -2.20. The predicted molar refractivity (Wildman–Crippen MR) is 243 cm³/mol. The van der Waals surface area contributed by atoms with Crippen LogP contribution in [0.4, 0.5) is 0 Å². The molecule has 0 saturated heterocycles. The van der Waals surface area contributed by atoms with Gasteiger partial charge in [0.25, 0.3) is 11.8 Å². The molecular formula is C48H48N2O10S2.